The molecule has 0 radical (unpaired) electrons. The van der Waals surface area contributed by atoms with Crippen molar-refractivity contribution in [2.75, 3.05) is 13.3 Å². The van der Waals surface area contributed by atoms with E-state index >= 15 is 0 Å². The van der Waals surface area contributed by atoms with Crippen LogP contribution in [0.25, 0.3) is 11.3 Å². The molecule has 3 aromatic rings. The second-order valence-electron chi connectivity index (χ2n) is 6.16. The summed E-state index contributed by atoms with van der Waals surface area (Å²) in [5.74, 6) is 6.29. The molecule has 2 aromatic carbocycles. The van der Waals surface area contributed by atoms with Crippen LogP contribution < -0.4 is 20.5 Å². The smallest absolute Gasteiger partial charge is 0.270 e. The largest absolute Gasteiger partial charge is 0.454 e. The Balaban J connectivity index is 1.36. The van der Waals surface area contributed by atoms with Gasteiger partial charge in [-0.3, -0.25) is 14.7 Å². The van der Waals surface area contributed by atoms with Crippen molar-refractivity contribution in [2.45, 2.75) is 0 Å². The molecule has 1 aliphatic heterocycles. The zero-order valence-corrected chi connectivity index (χ0v) is 15.2. The molecular formula is C21H16N4O4. The Morgan fingerprint density at radius 1 is 1.10 bits per heavy atom. The number of hydrogen-bond donors (Lipinski definition) is 3. The fourth-order valence-electron chi connectivity index (χ4n) is 2.73. The van der Waals surface area contributed by atoms with Crippen molar-refractivity contribution in [3.63, 3.8) is 0 Å². The van der Waals surface area contributed by atoms with E-state index in [2.05, 4.69) is 27.4 Å². The van der Waals surface area contributed by atoms with E-state index in [1.807, 2.05) is 12.1 Å². The number of nitrogens with zero attached hydrogens (tertiary/aromatic N) is 1. The minimum atomic E-state index is -0.489. The van der Waals surface area contributed by atoms with E-state index in [1.165, 1.54) is 0 Å². The number of hydrogen-bond acceptors (Lipinski definition) is 5. The maximum Gasteiger partial charge on any atom is 0.270 e. The number of ether oxygens (including phenoxy) is 2. The third kappa shape index (κ3) is 4.04. The lowest BCUT2D eigenvalue weighted by molar-refractivity contribution is 0.0952. The molecule has 0 spiro atoms. The molecule has 0 unspecified atom stereocenters. The molecular weight excluding hydrogens is 372 g/mol. The third-order valence-corrected chi connectivity index (χ3v) is 4.23. The van der Waals surface area contributed by atoms with Crippen molar-refractivity contribution in [1.29, 1.82) is 0 Å². The molecule has 29 heavy (non-hydrogen) atoms. The Morgan fingerprint density at radius 2 is 1.90 bits per heavy atom. The summed E-state index contributed by atoms with van der Waals surface area (Å²) in [6.45, 7) is 0.359. The van der Waals surface area contributed by atoms with E-state index in [0.29, 0.717) is 28.5 Å². The van der Waals surface area contributed by atoms with Crippen molar-refractivity contribution in [2.24, 2.45) is 5.73 Å². The van der Waals surface area contributed by atoms with Crippen LogP contribution in [0.3, 0.4) is 0 Å². The lowest BCUT2D eigenvalue weighted by Crippen LogP contribution is -2.23. The van der Waals surface area contributed by atoms with E-state index in [9.17, 15) is 9.59 Å². The predicted molar refractivity (Wildman–Crippen MR) is 104 cm³/mol. The number of nitrogens with one attached hydrogen (secondary N) is 2. The zero-order valence-electron chi connectivity index (χ0n) is 15.2. The molecule has 2 amide bonds. The summed E-state index contributed by atoms with van der Waals surface area (Å²) in [4.78, 5) is 23.3. The Hall–Kier alpha value is -4.25. The summed E-state index contributed by atoms with van der Waals surface area (Å²) in [7, 11) is 0. The number of H-pyrrole nitrogens is 1. The summed E-state index contributed by atoms with van der Waals surface area (Å²) < 4.78 is 10.6. The van der Waals surface area contributed by atoms with Crippen LogP contribution in [-0.2, 0) is 0 Å². The standard InChI is InChI=1S/C21H16N4O4/c22-20(26)14-5-3-13(4-6-14)2-1-9-23-21(27)17-11-16(24-25-17)15-7-8-18-19(10-15)29-12-28-18/h3-8,10-11H,9,12H2,(H2,22,26)(H,23,27)(H,24,25). The van der Waals surface area contributed by atoms with Gasteiger partial charge in [-0.15, -0.1) is 0 Å². The van der Waals surface area contributed by atoms with E-state index < -0.39 is 5.91 Å². The number of fused-ring (bicyclic) bond motifs is 1. The number of nitrogens with two attached hydrogens (primary N) is 1. The van der Waals surface area contributed by atoms with Crippen LogP contribution in [0.4, 0.5) is 0 Å². The van der Waals surface area contributed by atoms with Crippen LogP contribution in [0.5, 0.6) is 11.5 Å². The summed E-state index contributed by atoms with van der Waals surface area (Å²) >= 11 is 0. The highest BCUT2D eigenvalue weighted by Gasteiger charge is 2.16. The first-order valence-electron chi connectivity index (χ1n) is 8.72. The topological polar surface area (TPSA) is 119 Å². The van der Waals surface area contributed by atoms with Gasteiger partial charge in [0.1, 0.15) is 5.69 Å². The molecule has 0 atom stereocenters. The number of rotatable bonds is 4. The first kappa shape index (κ1) is 18.1. The van der Waals surface area contributed by atoms with Gasteiger partial charge in [0, 0.05) is 16.7 Å². The molecule has 2 heterocycles. The number of carbonyl (C=O) groups excluding carboxylic acids is 2. The Kier molecular flexibility index (Phi) is 4.86. The summed E-state index contributed by atoms with van der Waals surface area (Å²) in [6.07, 6.45) is 0. The lowest BCUT2D eigenvalue weighted by Gasteiger charge is -1.99. The van der Waals surface area contributed by atoms with Crippen LogP contribution >= 0.6 is 0 Å². The van der Waals surface area contributed by atoms with E-state index in [4.69, 9.17) is 15.2 Å². The third-order valence-electron chi connectivity index (χ3n) is 4.23. The second kappa shape index (κ2) is 7.78. The summed E-state index contributed by atoms with van der Waals surface area (Å²) in [6, 6.07) is 13.7. The first-order valence-corrected chi connectivity index (χ1v) is 8.72. The van der Waals surface area contributed by atoms with Gasteiger partial charge < -0.3 is 20.5 Å². The molecule has 4 N–H and O–H groups in total. The summed E-state index contributed by atoms with van der Waals surface area (Å²) in [5, 5.41) is 9.60. The molecule has 0 bridgehead atoms. The highest BCUT2D eigenvalue weighted by molar-refractivity contribution is 5.93. The molecule has 1 aliphatic rings. The van der Waals surface area contributed by atoms with Crippen LogP contribution in [-0.4, -0.2) is 35.3 Å². The van der Waals surface area contributed by atoms with Gasteiger partial charge in [-0.25, -0.2) is 0 Å². The number of primary amides is 1. The Morgan fingerprint density at radius 3 is 2.69 bits per heavy atom. The summed E-state index contributed by atoms with van der Waals surface area (Å²) in [5.41, 5.74) is 8.08. The number of benzene rings is 2. The maximum atomic E-state index is 12.3. The van der Waals surface area contributed by atoms with Crippen LogP contribution in [0.15, 0.2) is 48.5 Å². The highest BCUT2D eigenvalue weighted by Crippen LogP contribution is 2.35. The molecule has 144 valence electrons. The fraction of sp³-hybridized carbons (Fsp3) is 0.0952. The predicted octanol–water partition coefficient (Wildman–Crippen LogP) is 1.69. The SMILES string of the molecule is NC(=O)c1ccc(C#CCNC(=O)c2cc(-c3ccc4c(c3)OCO4)n[nH]2)cc1. The van der Waals surface area contributed by atoms with Crippen molar-refractivity contribution in [3.05, 3.63) is 65.4 Å². The van der Waals surface area contributed by atoms with Crippen LogP contribution in [0.2, 0.25) is 0 Å². The highest BCUT2D eigenvalue weighted by atomic mass is 16.7. The van der Waals surface area contributed by atoms with Crippen molar-refractivity contribution in [1.82, 2.24) is 15.5 Å². The molecule has 0 saturated heterocycles. The molecule has 8 heteroatoms. The fourth-order valence-corrected chi connectivity index (χ4v) is 2.73. The average Bonchev–Trinajstić information content (AvgIpc) is 3.40. The number of aromatic amines is 1. The number of amides is 2. The molecule has 0 aliphatic carbocycles. The van der Waals surface area contributed by atoms with Gasteiger partial charge in [-0.2, -0.15) is 5.10 Å². The van der Waals surface area contributed by atoms with Crippen LogP contribution in [0.1, 0.15) is 26.4 Å². The first-order chi connectivity index (χ1) is 14.1. The zero-order chi connectivity index (χ0) is 20.2. The van der Waals surface area contributed by atoms with Gasteiger partial charge in [0.2, 0.25) is 12.7 Å². The minimum absolute atomic E-state index is 0.161. The van der Waals surface area contributed by atoms with Crippen molar-refractivity contribution in [3.8, 4) is 34.6 Å². The van der Waals surface area contributed by atoms with Gasteiger partial charge in [0.15, 0.2) is 11.5 Å². The molecule has 0 fully saturated rings. The molecule has 4 rings (SSSR count). The lowest BCUT2D eigenvalue weighted by atomic mass is 10.1. The van der Waals surface area contributed by atoms with Crippen molar-refractivity contribution >= 4 is 11.8 Å². The maximum absolute atomic E-state index is 12.3. The number of aromatic nitrogens is 2. The van der Waals surface area contributed by atoms with Crippen LogP contribution in [0, 0.1) is 11.8 Å². The van der Waals surface area contributed by atoms with Gasteiger partial charge in [0.05, 0.1) is 12.2 Å². The minimum Gasteiger partial charge on any atom is -0.454 e. The average molecular weight is 388 g/mol. The van der Waals surface area contributed by atoms with Gasteiger partial charge in [-0.1, -0.05) is 11.8 Å². The normalized spacial score (nSPS) is 11.4. The van der Waals surface area contributed by atoms with Gasteiger partial charge in [-0.05, 0) is 48.5 Å². The monoisotopic (exact) mass is 388 g/mol. The molecule has 0 saturated carbocycles. The second-order valence-corrected chi connectivity index (χ2v) is 6.16. The number of carbonyl (C=O) groups is 2. The quantitative estimate of drug-likeness (QED) is 0.588. The van der Waals surface area contributed by atoms with E-state index in [0.717, 1.165) is 11.1 Å². The van der Waals surface area contributed by atoms with E-state index in [1.54, 1.807) is 36.4 Å². The Labute approximate surface area is 166 Å². The molecule has 8 nitrogen and oxygen atoms in total. The Bertz CT molecular complexity index is 1140. The van der Waals surface area contributed by atoms with Crippen molar-refractivity contribution < 1.29 is 19.1 Å². The van der Waals surface area contributed by atoms with Gasteiger partial charge >= 0.3 is 0 Å². The van der Waals surface area contributed by atoms with Gasteiger partial charge in [0.25, 0.3) is 5.91 Å². The van der Waals surface area contributed by atoms with E-state index in [-0.39, 0.29) is 19.2 Å². The molecule has 1 aromatic heterocycles.